The minimum absolute atomic E-state index is 0.0671. The average molecular weight is 293 g/mol. The van der Waals surface area contributed by atoms with Crippen molar-refractivity contribution in [2.75, 3.05) is 5.32 Å². The van der Waals surface area contributed by atoms with Crippen molar-refractivity contribution in [2.24, 2.45) is 0 Å². The normalized spacial score (nSPS) is 10.2. The van der Waals surface area contributed by atoms with Gasteiger partial charge in [-0.15, -0.1) is 11.8 Å². The Balaban J connectivity index is 1.97. The molecule has 2 rings (SSSR count). The molecular weight excluding hydrogens is 280 g/mol. The zero-order chi connectivity index (χ0) is 13.7. The molecule has 0 unspecified atom stereocenters. The fourth-order valence-corrected chi connectivity index (χ4v) is 2.67. The summed E-state index contributed by atoms with van der Waals surface area (Å²) >= 11 is 7.68. The predicted molar refractivity (Wildman–Crippen MR) is 79.6 cm³/mol. The number of carbonyl (C=O) groups is 1. The van der Waals surface area contributed by atoms with E-state index in [1.165, 1.54) is 6.92 Å². The molecule has 0 aliphatic carbocycles. The van der Waals surface area contributed by atoms with Gasteiger partial charge in [0.25, 0.3) is 0 Å². The van der Waals surface area contributed by atoms with E-state index in [1.54, 1.807) is 18.0 Å². The lowest BCUT2D eigenvalue weighted by Gasteiger charge is -2.05. The summed E-state index contributed by atoms with van der Waals surface area (Å²) in [6, 6.07) is 11.6. The molecule has 1 heterocycles. The number of rotatable bonds is 4. The third-order valence-electron chi connectivity index (χ3n) is 2.41. The second-order valence-electron chi connectivity index (χ2n) is 3.95. The molecular formula is C14H13ClN2OS. The summed E-state index contributed by atoms with van der Waals surface area (Å²) in [5.41, 5.74) is 1.82. The number of halogens is 1. The van der Waals surface area contributed by atoms with Gasteiger partial charge in [-0.3, -0.25) is 4.79 Å². The number of nitrogens with one attached hydrogen (secondary N) is 1. The van der Waals surface area contributed by atoms with Gasteiger partial charge in [-0.05, 0) is 35.9 Å². The number of anilines is 1. The number of hydrogen-bond acceptors (Lipinski definition) is 3. The number of aromatic nitrogens is 1. The summed E-state index contributed by atoms with van der Waals surface area (Å²) in [4.78, 5) is 16.1. The molecule has 0 atom stereocenters. The summed E-state index contributed by atoms with van der Waals surface area (Å²) in [5, 5.41) is 3.28. The van der Waals surface area contributed by atoms with Crippen LogP contribution in [-0.2, 0) is 10.5 Å². The maximum absolute atomic E-state index is 10.9. The van der Waals surface area contributed by atoms with Crippen LogP contribution in [0.1, 0.15) is 12.5 Å². The Morgan fingerprint density at radius 2 is 2.05 bits per heavy atom. The highest BCUT2D eigenvalue weighted by Gasteiger charge is 2.02. The van der Waals surface area contributed by atoms with Crippen molar-refractivity contribution in [2.45, 2.75) is 17.6 Å². The Labute approximate surface area is 121 Å². The van der Waals surface area contributed by atoms with Crippen LogP contribution >= 0.6 is 23.4 Å². The Morgan fingerprint density at radius 1 is 1.32 bits per heavy atom. The first-order valence-electron chi connectivity index (χ1n) is 5.75. The molecule has 0 aliphatic heterocycles. The molecule has 1 N–H and O–H groups in total. The quantitative estimate of drug-likeness (QED) is 0.684. The van der Waals surface area contributed by atoms with Crippen LogP contribution in [0.3, 0.4) is 0 Å². The summed E-state index contributed by atoms with van der Waals surface area (Å²) in [6.07, 6.45) is 1.68. The third-order valence-corrected chi connectivity index (χ3v) is 3.81. The minimum Gasteiger partial charge on any atom is -0.326 e. The lowest BCUT2D eigenvalue weighted by Crippen LogP contribution is -2.05. The first kappa shape index (κ1) is 13.9. The molecule has 2 aromatic rings. The summed E-state index contributed by atoms with van der Waals surface area (Å²) in [5.74, 6) is 0.703. The Hall–Kier alpha value is -1.52. The lowest BCUT2D eigenvalue weighted by atomic mass is 10.3. The van der Waals surface area contributed by atoms with Gasteiger partial charge in [-0.2, -0.15) is 0 Å². The standard InChI is InChI=1S/C14H13ClN2OS/c1-10(18)17-12-4-6-13(7-5-12)19-9-11-3-2-8-16-14(11)15/h2-8H,9H2,1H3,(H,17,18). The molecule has 0 spiro atoms. The second kappa shape index (κ2) is 6.59. The molecule has 0 radical (unpaired) electrons. The number of hydrogen-bond donors (Lipinski definition) is 1. The Kier molecular flexibility index (Phi) is 4.82. The molecule has 0 bridgehead atoms. The van der Waals surface area contributed by atoms with Crippen LogP contribution < -0.4 is 5.32 Å². The van der Waals surface area contributed by atoms with Gasteiger partial charge in [0.2, 0.25) is 5.91 Å². The maximum atomic E-state index is 10.9. The highest BCUT2D eigenvalue weighted by Crippen LogP contribution is 2.26. The smallest absolute Gasteiger partial charge is 0.221 e. The Morgan fingerprint density at radius 3 is 2.68 bits per heavy atom. The van der Waals surface area contributed by atoms with Crippen molar-refractivity contribution in [3.8, 4) is 0 Å². The van der Waals surface area contributed by atoms with Gasteiger partial charge in [0.15, 0.2) is 0 Å². The number of pyridine rings is 1. The Bertz CT molecular complexity index is 572. The third kappa shape index (κ3) is 4.26. The number of benzene rings is 1. The van der Waals surface area contributed by atoms with Gasteiger partial charge >= 0.3 is 0 Å². The topological polar surface area (TPSA) is 42.0 Å². The van der Waals surface area contributed by atoms with Gasteiger partial charge in [-0.1, -0.05) is 17.7 Å². The molecule has 0 saturated carbocycles. The van der Waals surface area contributed by atoms with Crippen molar-refractivity contribution >= 4 is 35.0 Å². The number of thioether (sulfide) groups is 1. The van der Waals surface area contributed by atoms with Crippen molar-refractivity contribution in [3.05, 3.63) is 53.3 Å². The van der Waals surface area contributed by atoms with E-state index in [2.05, 4.69) is 10.3 Å². The van der Waals surface area contributed by atoms with E-state index in [4.69, 9.17) is 11.6 Å². The van der Waals surface area contributed by atoms with Crippen LogP contribution in [0.25, 0.3) is 0 Å². The number of carbonyl (C=O) groups excluding carboxylic acids is 1. The van der Waals surface area contributed by atoms with Crippen molar-refractivity contribution in [3.63, 3.8) is 0 Å². The van der Waals surface area contributed by atoms with E-state index in [9.17, 15) is 4.79 Å². The maximum Gasteiger partial charge on any atom is 0.221 e. The summed E-state index contributed by atoms with van der Waals surface area (Å²) in [6.45, 7) is 1.49. The van der Waals surface area contributed by atoms with Crippen LogP contribution in [0.5, 0.6) is 0 Å². The molecule has 3 nitrogen and oxygen atoms in total. The van der Waals surface area contributed by atoms with E-state index in [1.807, 2.05) is 36.4 Å². The van der Waals surface area contributed by atoms with E-state index in [0.717, 1.165) is 21.9 Å². The van der Waals surface area contributed by atoms with Crippen LogP contribution in [0.2, 0.25) is 5.15 Å². The molecule has 5 heteroatoms. The van der Waals surface area contributed by atoms with Gasteiger partial charge in [0.1, 0.15) is 5.15 Å². The molecule has 0 saturated heterocycles. The van der Waals surface area contributed by atoms with E-state index < -0.39 is 0 Å². The van der Waals surface area contributed by atoms with E-state index >= 15 is 0 Å². The molecule has 1 aromatic heterocycles. The SMILES string of the molecule is CC(=O)Nc1ccc(SCc2cccnc2Cl)cc1. The molecule has 1 amide bonds. The monoisotopic (exact) mass is 292 g/mol. The number of amides is 1. The van der Waals surface area contributed by atoms with Gasteiger partial charge in [0, 0.05) is 29.5 Å². The highest BCUT2D eigenvalue weighted by molar-refractivity contribution is 7.98. The molecule has 98 valence electrons. The van der Waals surface area contributed by atoms with Crippen LogP contribution in [0.4, 0.5) is 5.69 Å². The zero-order valence-electron chi connectivity index (χ0n) is 10.4. The average Bonchev–Trinajstić information content (AvgIpc) is 2.39. The van der Waals surface area contributed by atoms with Crippen molar-refractivity contribution in [1.82, 2.24) is 4.98 Å². The van der Waals surface area contributed by atoms with Gasteiger partial charge < -0.3 is 5.32 Å². The van der Waals surface area contributed by atoms with Crippen LogP contribution in [0, 0.1) is 0 Å². The van der Waals surface area contributed by atoms with E-state index in [-0.39, 0.29) is 5.91 Å². The zero-order valence-corrected chi connectivity index (χ0v) is 12.0. The van der Waals surface area contributed by atoms with Gasteiger partial charge in [0.05, 0.1) is 0 Å². The lowest BCUT2D eigenvalue weighted by molar-refractivity contribution is -0.114. The fraction of sp³-hybridized carbons (Fsp3) is 0.143. The number of nitrogens with zero attached hydrogens (tertiary/aromatic N) is 1. The van der Waals surface area contributed by atoms with Crippen molar-refractivity contribution < 1.29 is 4.79 Å². The fourth-order valence-electron chi connectivity index (χ4n) is 1.53. The molecule has 0 aliphatic rings. The predicted octanol–water partition coefficient (Wildman–Crippen LogP) is 3.99. The first-order valence-corrected chi connectivity index (χ1v) is 7.11. The van der Waals surface area contributed by atoms with Crippen molar-refractivity contribution in [1.29, 1.82) is 0 Å². The highest BCUT2D eigenvalue weighted by atomic mass is 35.5. The molecule has 0 fully saturated rings. The largest absolute Gasteiger partial charge is 0.326 e. The minimum atomic E-state index is -0.0671. The summed E-state index contributed by atoms with van der Waals surface area (Å²) < 4.78 is 0. The first-order chi connectivity index (χ1) is 9.15. The molecule has 1 aromatic carbocycles. The van der Waals surface area contributed by atoms with E-state index in [0.29, 0.717) is 5.15 Å². The molecule has 19 heavy (non-hydrogen) atoms. The van der Waals surface area contributed by atoms with Gasteiger partial charge in [-0.25, -0.2) is 4.98 Å². The van der Waals surface area contributed by atoms with Crippen LogP contribution in [0.15, 0.2) is 47.5 Å². The second-order valence-corrected chi connectivity index (χ2v) is 5.35. The summed E-state index contributed by atoms with van der Waals surface area (Å²) in [7, 11) is 0. The van der Waals surface area contributed by atoms with Crippen LogP contribution in [-0.4, -0.2) is 10.9 Å².